The maximum atomic E-state index is 13.7. The number of hydrogen-bond donors (Lipinski definition) is 4. The van der Waals surface area contributed by atoms with Gasteiger partial charge in [-0.1, -0.05) is 64.1 Å². The van der Waals surface area contributed by atoms with E-state index in [1.165, 1.54) is 11.0 Å². The number of benzene rings is 2. The van der Waals surface area contributed by atoms with E-state index in [0.717, 1.165) is 12.0 Å². The molecular weight excluding hydrogens is 470 g/mol. The minimum atomic E-state index is -1.58. The maximum Gasteiger partial charge on any atom is 0.254 e. The second-order valence-electron chi connectivity index (χ2n) is 10.6. The molecule has 2 unspecified atom stereocenters. The smallest absolute Gasteiger partial charge is 0.254 e. The molecule has 2 aromatic rings. The molecule has 4 N–H and O–H groups in total. The lowest BCUT2D eigenvalue weighted by Crippen LogP contribution is -2.57. The standard InChI is InChI=1S/C29H39N3O5/c1-6-15-30-27(36)25-29(4,5)18(2)17-32(25)28(37)24(34)22(16-20-11-8-7-9-12-20)31-26(35)21-13-10-14-23(33)19(21)3/h7-14,18,22,24-25,33-34H,6,15-17H2,1-5H3,(H,30,36)(H,31,35)/t18?,22-,24-,25?/m0/s1. The van der Waals surface area contributed by atoms with Crippen molar-refractivity contribution in [1.29, 1.82) is 0 Å². The molecule has 0 spiro atoms. The third-order valence-electron chi connectivity index (χ3n) is 7.64. The predicted molar refractivity (Wildman–Crippen MR) is 142 cm³/mol. The predicted octanol–water partition coefficient (Wildman–Crippen LogP) is 2.80. The van der Waals surface area contributed by atoms with Crippen LogP contribution < -0.4 is 10.6 Å². The van der Waals surface area contributed by atoms with E-state index in [9.17, 15) is 24.6 Å². The van der Waals surface area contributed by atoms with Gasteiger partial charge in [-0.05, 0) is 48.8 Å². The fourth-order valence-electron chi connectivity index (χ4n) is 4.92. The summed E-state index contributed by atoms with van der Waals surface area (Å²) in [7, 11) is 0. The van der Waals surface area contributed by atoms with E-state index in [1.54, 1.807) is 19.1 Å². The molecule has 0 aromatic heterocycles. The lowest BCUT2D eigenvalue weighted by atomic mass is 9.77. The summed E-state index contributed by atoms with van der Waals surface area (Å²) in [5.41, 5.74) is 0.997. The molecule has 4 atom stereocenters. The molecule has 2 aromatic carbocycles. The molecule has 8 heteroatoms. The van der Waals surface area contributed by atoms with Crippen LogP contribution in [0, 0.1) is 18.3 Å². The summed E-state index contributed by atoms with van der Waals surface area (Å²) in [6, 6.07) is 12.2. The highest BCUT2D eigenvalue weighted by atomic mass is 16.3. The molecule has 0 bridgehead atoms. The summed E-state index contributed by atoms with van der Waals surface area (Å²) in [5.74, 6) is -1.33. The van der Waals surface area contributed by atoms with Crippen molar-refractivity contribution in [3.63, 3.8) is 0 Å². The van der Waals surface area contributed by atoms with Crippen LogP contribution in [0.4, 0.5) is 0 Å². The van der Waals surface area contributed by atoms with Gasteiger partial charge in [0.25, 0.3) is 11.8 Å². The molecule has 1 heterocycles. The SMILES string of the molecule is CCCNC(=O)C1N(C(=O)[C@@H](O)[C@H](Cc2ccccc2)NC(=O)c2cccc(O)c2C)CC(C)C1(C)C. The first-order valence-corrected chi connectivity index (χ1v) is 12.9. The van der Waals surface area contributed by atoms with Crippen molar-refractivity contribution in [3.8, 4) is 5.75 Å². The Bertz CT molecular complexity index is 1120. The van der Waals surface area contributed by atoms with Crippen LogP contribution >= 0.6 is 0 Å². The Morgan fingerprint density at radius 2 is 1.78 bits per heavy atom. The van der Waals surface area contributed by atoms with Crippen LogP contribution in [-0.4, -0.2) is 64.1 Å². The summed E-state index contributed by atoms with van der Waals surface area (Å²) < 4.78 is 0. The van der Waals surface area contributed by atoms with Gasteiger partial charge in [0.05, 0.1) is 6.04 Å². The molecule has 8 nitrogen and oxygen atoms in total. The molecule has 0 aliphatic carbocycles. The molecule has 200 valence electrons. The van der Waals surface area contributed by atoms with E-state index in [2.05, 4.69) is 10.6 Å². The fraction of sp³-hybridized carbons (Fsp3) is 0.483. The summed E-state index contributed by atoms with van der Waals surface area (Å²) in [4.78, 5) is 41.5. The first-order chi connectivity index (χ1) is 17.5. The molecule has 1 aliphatic heterocycles. The molecule has 1 aliphatic rings. The lowest BCUT2D eigenvalue weighted by molar-refractivity contribution is -0.148. The zero-order valence-corrected chi connectivity index (χ0v) is 22.3. The Morgan fingerprint density at radius 1 is 1.11 bits per heavy atom. The van der Waals surface area contributed by atoms with Gasteiger partial charge in [0.15, 0.2) is 6.10 Å². The van der Waals surface area contributed by atoms with Gasteiger partial charge in [0.2, 0.25) is 5.91 Å². The topological polar surface area (TPSA) is 119 Å². The van der Waals surface area contributed by atoms with Gasteiger partial charge in [0, 0.05) is 24.2 Å². The summed E-state index contributed by atoms with van der Waals surface area (Å²) in [6.45, 7) is 10.3. The molecule has 0 radical (unpaired) electrons. The second-order valence-corrected chi connectivity index (χ2v) is 10.6. The van der Waals surface area contributed by atoms with Crippen LogP contribution in [0.3, 0.4) is 0 Å². The first kappa shape index (κ1) is 28.2. The number of rotatable bonds is 9. The minimum Gasteiger partial charge on any atom is -0.508 e. The number of nitrogens with one attached hydrogen (secondary N) is 2. The van der Waals surface area contributed by atoms with Gasteiger partial charge in [-0.2, -0.15) is 0 Å². The normalized spacial score (nSPS) is 20.2. The van der Waals surface area contributed by atoms with Crippen LogP contribution in [0.25, 0.3) is 0 Å². The van der Waals surface area contributed by atoms with Gasteiger partial charge in [-0.25, -0.2) is 0 Å². The third-order valence-corrected chi connectivity index (χ3v) is 7.64. The number of phenolic OH excluding ortho intramolecular Hbond substituents is 1. The van der Waals surface area contributed by atoms with Crippen LogP contribution in [-0.2, 0) is 16.0 Å². The number of aromatic hydroxyl groups is 1. The van der Waals surface area contributed by atoms with E-state index < -0.39 is 35.4 Å². The van der Waals surface area contributed by atoms with E-state index in [4.69, 9.17) is 0 Å². The molecular formula is C29H39N3O5. The Labute approximate surface area is 219 Å². The van der Waals surface area contributed by atoms with E-state index in [0.29, 0.717) is 18.7 Å². The monoisotopic (exact) mass is 509 g/mol. The summed E-state index contributed by atoms with van der Waals surface area (Å²) >= 11 is 0. The van der Waals surface area contributed by atoms with Gasteiger partial charge < -0.3 is 25.7 Å². The van der Waals surface area contributed by atoms with Gasteiger partial charge in [-0.15, -0.1) is 0 Å². The van der Waals surface area contributed by atoms with Crippen molar-refractivity contribution >= 4 is 17.7 Å². The second kappa shape index (κ2) is 11.8. The maximum absolute atomic E-state index is 13.7. The highest BCUT2D eigenvalue weighted by Crippen LogP contribution is 2.41. The molecule has 1 fully saturated rings. The van der Waals surface area contributed by atoms with Crippen molar-refractivity contribution in [3.05, 3.63) is 65.2 Å². The Morgan fingerprint density at radius 3 is 2.43 bits per heavy atom. The quantitative estimate of drug-likeness (QED) is 0.415. The van der Waals surface area contributed by atoms with Crippen molar-refractivity contribution < 1.29 is 24.6 Å². The zero-order chi connectivity index (χ0) is 27.3. The van der Waals surface area contributed by atoms with Crippen molar-refractivity contribution in [1.82, 2.24) is 15.5 Å². The van der Waals surface area contributed by atoms with Crippen molar-refractivity contribution in [2.24, 2.45) is 11.3 Å². The number of hydrogen-bond acceptors (Lipinski definition) is 5. The number of aliphatic hydroxyl groups is 1. The van der Waals surface area contributed by atoms with Gasteiger partial charge in [0.1, 0.15) is 11.8 Å². The van der Waals surface area contributed by atoms with E-state index in [-0.39, 0.29) is 29.6 Å². The Balaban J connectivity index is 1.90. The number of carbonyl (C=O) groups excluding carboxylic acids is 3. The van der Waals surface area contributed by atoms with Crippen molar-refractivity contribution in [2.45, 2.75) is 65.6 Å². The summed E-state index contributed by atoms with van der Waals surface area (Å²) in [6.07, 6.45) is -0.606. The molecule has 3 rings (SSSR count). The van der Waals surface area contributed by atoms with Gasteiger partial charge in [-0.3, -0.25) is 14.4 Å². The highest BCUT2D eigenvalue weighted by molar-refractivity contribution is 5.97. The minimum absolute atomic E-state index is 0.0156. The molecule has 3 amide bonds. The number of amides is 3. The first-order valence-electron chi connectivity index (χ1n) is 12.9. The van der Waals surface area contributed by atoms with Crippen LogP contribution in [0.2, 0.25) is 0 Å². The molecule has 37 heavy (non-hydrogen) atoms. The number of likely N-dealkylation sites (tertiary alicyclic amines) is 1. The fourth-order valence-corrected chi connectivity index (χ4v) is 4.92. The number of nitrogens with zero attached hydrogens (tertiary/aromatic N) is 1. The average molecular weight is 510 g/mol. The van der Waals surface area contributed by atoms with Crippen molar-refractivity contribution in [2.75, 3.05) is 13.1 Å². The molecule has 1 saturated heterocycles. The number of carbonyl (C=O) groups is 3. The van der Waals surface area contributed by atoms with E-state index in [1.807, 2.05) is 58.0 Å². The third kappa shape index (κ3) is 6.13. The Hall–Kier alpha value is -3.39. The zero-order valence-electron chi connectivity index (χ0n) is 22.3. The number of phenols is 1. The van der Waals surface area contributed by atoms with Crippen LogP contribution in [0.15, 0.2) is 48.5 Å². The number of aliphatic hydroxyl groups excluding tert-OH is 1. The van der Waals surface area contributed by atoms with Gasteiger partial charge >= 0.3 is 0 Å². The summed E-state index contributed by atoms with van der Waals surface area (Å²) in [5, 5.41) is 27.1. The van der Waals surface area contributed by atoms with Crippen LogP contribution in [0.1, 0.15) is 55.6 Å². The molecule has 0 saturated carbocycles. The Kier molecular flexibility index (Phi) is 8.97. The average Bonchev–Trinajstić information content (AvgIpc) is 3.11. The van der Waals surface area contributed by atoms with Crippen LogP contribution in [0.5, 0.6) is 5.75 Å². The lowest BCUT2D eigenvalue weighted by Gasteiger charge is -2.34. The van der Waals surface area contributed by atoms with E-state index >= 15 is 0 Å². The highest BCUT2D eigenvalue weighted by Gasteiger charge is 2.52. The largest absolute Gasteiger partial charge is 0.508 e.